The van der Waals surface area contributed by atoms with Gasteiger partial charge in [0.1, 0.15) is 5.60 Å². The predicted octanol–water partition coefficient (Wildman–Crippen LogP) is 3.63. The van der Waals surface area contributed by atoms with E-state index in [9.17, 15) is 4.79 Å². The molecule has 0 N–H and O–H groups in total. The van der Waals surface area contributed by atoms with E-state index >= 15 is 0 Å². The zero-order valence-corrected chi connectivity index (χ0v) is 15.9. The van der Waals surface area contributed by atoms with Crippen molar-refractivity contribution in [2.45, 2.75) is 70.6 Å². The lowest BCUT2D eigenvalue weighted by molar-refractivity contribution is 0.0175. The number of ether oxygens (including phenoxy) is 1. The third-order valence-corrected chi connectivity index (χ3v) is 5.40. The highest BCUT2D eigenvalue weighted by Crippen LogP contribution is 2.39. The van der Waals surface area contributed by atoms with Gasteiger partial charge in [-0.25, -0.2) is 14.8 Å². The minimum absolute atomic E-state index is 0.122. The number of hydrogen-bond acceptors (Lipinski definition) is 5. The van der Waals surface area contributed by atoms with Crippen LogP contribution in [0.25, 0.3) is 5.57 Å². The summed E-state index contributed by atoms with van der Waals surface area (Å²) in [6.07, 6.45) is 11.2. The fourth-order valence-corrected chi connectivity index (χ4v) is 4.21. The van der Waals surface area contributed by atoms with E-state index in [2.05, 4.69) is 20.9 Å². The fraction of sp³-hybridized carbons (Fsp3) is 0.650. The van der Waals surface area contributed by atoms with Crippen molar-refractivity contribution in [2.75, 3.05) is 18.0 Å². The molecule has 1 aromatic rings. The minimum Gasteiger partial charge on any atom is -0.444 e. The van der Waals surface area contributed by atoms with E-state index in [0.29, 0.717) is 0 Å². The molecule has 3 aliphatic rings. The maximum Gasteiger partial charge on any atom is 0.411 e. The number of carbonyl (C=O) groups excluding carboxylic acids is 1. The van der Waals surface area contributed by atoms with E-state index in [0.717, 1.165) is 43.9 Å². The van der Waals surface area contributed by atoms with Crippen LogP contribution in [-0.4, -0.2) is 51.7 Å². The summed E-state index contributed by atoms with van der Waals surface area (Å²) < 4.78 is 5.60. The Balaban J connectivity index is 1.49. The summed E-state index contributed by atoms with van der Waals surface area (Å²) in [6.45, 7) is 7.85. The number of hydrogen-bond donors (Lipinski definition) is 0. The van der Waals surface area contributed by atoms with Crippen molar-refractivity contribution in [3.63, 3.8) is 0 Å². The van der Waals surface area contributed by atoms with Crippen molar-refractivity contribution in [3.05, 3.63) is 24.0 Å². The Labute approximate surface area is 155 Å². The van der Waals surface area contributed by atoms with Crippen LogP contribution in [0.5, 0.6) is 0 Å². The van der Waals surface area contributed by atoms with Crippen LogP contribution in [0.3, 0.4) is 0 Å². The van der Waals surface area contributed by atoms with E-state index in [1.165, 1.54) is 18.4 Å². The summed E-state index contributed by atoms with van der Waals surface area (Å²) in [5.41, 5.74) is 1.87. The lowest BCUT2D eigenvalue weighted by Crippen LogP contribution is -2.45. The normalized spacial score (nSPS) is 25.4. The van der Waals surface area contributed by atoms with Crippen LogP contribution < -0.4 is 4.90 Å². The molecule has 4 rings (SSSR count). The maximum atomic E-state index is 12.6. The lowest BCUT2D eigenvalue weighted by Gasteiger charge is -2.35. The molecule has 4 heterocycles. The molecule has 0 saturated carbocycles. The van der Waals surface area contributed by atoms with E-state index in [1.54, 1.807) is 0 Å². The van der Waals surface area contributed by atoms with Crippen LogP contribution in [0, 0.1) is 0 Å². The SMILES string of the molecule is CC(C)(C)OC(=O)N1C2C=C(c3cnc(N4CCCC4)nc3)CC1CC2. The van der Waals surface area contributed by atoms with E-state index in [4.69, 9.17) is 4.74 Å². The number of amides is 1. The molecule has 1 amide bonds. The van der Waals surface area contributed by atoms with Gasteiger partial charge in [0.2, 0.25) is 5.95 Å². The van der Waals surface area contributed by atoms with Crippen LogP contribution in [-0.2, 0) is 4.74 Å². The summed E-state index contributed by atoms with van der Waals surface area (Å²) in [6, 6.07) is 0.338. The Morgan fingerprint density at radius 1 is 1.15 bits per heavy atom. The first kappa shape index (κ1) is 17.3. The Morgan fingerprint density at radius 2 is 1.85 bits per heavy atom. The predicted molar refractivity (Wildman–Crippen MR) is 101 cm³/mol. The second-order valence-electron chi connectivity index (χ2n) is 8.55. The van der Waals surface area contributed by atoms with Gasteiger partial charge in [-0.2, -0.15) is 0 Å². The number of nitrogens with zero attached hydrogens (tertiary/aromatic N) is 4. The number of anilines is 1. The quantitative estimate of drug-likeness (QED) is 0.810. The monoisotopic (exact) mass is 356 g/mol. The first-order chi connectivity index (χ1) is 12.4. The number of aromatic nitrogens is 2. The van der Waals surface area contributed by atoms with Gasteiger partial charge in [0.15, 0.2) is 0 Å². The van der Waals surface area contributed by atoms with Crippen molar-refractivity contribution in [3.8, 4) is 0 Å². The molecule has 2 unspecified atom stereocenters. The third kappa shape index (κ3) is 3.41. The smallest absolute Gasteiger partial charge is 0.411 e. The standard InChI is InChI=1S/C20H28N4O2/c1-20(2,3)26-19(25)24-16-6-7-17(24)11-14(10-16)15-12-21-18(22-13-15)23-8-4-5-9-23/h10,12-13,16-17H,4-9,11H2,1-3H3. The molecule has 140 valence electrons. The van der Waals surface area contributed by atoms with E-state index < -0.39 is 5.60 Å². The molecule has 2 fully saturated rings. The van der Waals surface area contributed by atoms with Gasteiger partial charge in [0.25, 0.3) is 0 Å². The van der Waals surface area contributed by atoms with Crippen LogP contribution in [0.2, 0.25) is 0 Å². The second-order valence-corrected chi connectivity index (χ2v) is 8.55. The van der Waals surface area contributed by atoms with Crippen LogP contribution in [0.1, 0.15) is 58.4 Å². The first-order valence-corrected chi connectivity index (χ1v) is 9.70. The number of fused-ring (bicyclic) bond motifs is 2. The largest absolute Gasteiger partial charge is 0.444 e. The molecule has 0 aromatic carbocycles. The van der Waals surface area contributed by atoms with Gasteiger partial charge >= 0.3 is 6.09 Å². The molecule has 3 aliphatic heterocycles. The fourth-order valence-electron chi connectivity index (χ4n) is 4.21. The Morgan fingerprint density at radius 3 is 2.46 bits per heavy atom. The maximum absolute atomic E-state index is 12.6. The highest BCUT2D eigenvalue weighted by Gasteiger charge is 2.41. The molecule has 6 heteroatoms. The topological polar surface area (TPSA) is 58.6 Å². The molecule has 1 aromatic heterocycles. The van der Waals surface area contributed by atoms with Crippen molar-refractivity contribution in [2.24, 2.45) is 0 Å². The average molecular weight is 356 g/mol. The molecular weight excluding hydrogens is 328 g/mol. The van der Waals surface area contributed by atoms with Gasteiger partial charge in [0.05, 0.1) is 6.04 Å². The molecule has 2 bridgehead atoms. The van der Waals surface area contributed by atoms with Gasteiger partial charge in [-0.05, 0) is 58.4 Å². The lowest BCUT2D eigenvalue weighted by atomic mass is 9.97. The Kier molecular flexibility index (Phi) is 4.37. The molecular formula is C20H28N4O2. The number of carbonyl (C=O) groups is 1. The second kappa shape index (κ2) is 6.56. The van der Waals surface area contributed by atoms with Gasteiger partial charge < -0.3 is 9.64 Å². The first-order valence-electron chi connectivity index (χ1n) is 9.70. The van der Waals surface area contributed by atoms with Crippen molar-refractivity contribution in [1.29, 1.82) is 0 Å². The highest BCUT2D eigenvalue weighted by molar-refractivity contribution is 5.75. The van der Waals surface area contributed by atoms with Gasteiger partial charge in [0, 0.05) is 37.1 Å². The van der Waals surface area contributed by atoms with Crippen molar-refractivity contribution in [1.82, 2.24) is 14.9 Å². The van der Waals surface area contributed by atoms with Crippen LogP contribution in [0.15, 0.2) is 18.5 Å². The van der Waals surface area contributed by atoms with Gasteiger partial charge in [-0.15, -0.1) is 0 Å². The van der Waals surface area contributed by atoms with Gasteiger partial charge in [-0.3, -0.25) is 4.90 Å². The summed E-state index contributed by atoms with van der Waals surface area (Å²) in [5, 5.41) is 0. The van der Waals surface area contributed by atoms with Crippen LogP contribution in [0.4, 0.5) is 10.7 Å². The van der Waals surface area contributed by atoms with Crippen LogP contribution >= 0.6 is 0 Å². The summed E-state index contributed by atoms with van der Waals surface area (Å²) >= 11 is 0. The molecule has 26 heavy (non-hydrogen) atoms. The van der Waals surface area contributed by atoms with E-state index in [1.807, 2.05) is 38.1 Å². The Hall–Kier alpha value is -2.11. The Bertz CT molecular complexity index is 702. The molecule has 0 aliphatic carbocycles. The van der Waals surface area contributed by atoms with E-state index in [-0.39, 0.29) is 18.2 Å². The van der Waals surface area contributed by atoms with Crippen molar-refractivity contribution < 1.29 is 9.53 Å². The third-order valence-electron chi connectivity index (χ3n) is 5.40. The van der Waals surface area contributed by atoms with Crippen molar-refractivity contribution >= 4 is 17.6 Å². The molecule has 0 spiro atoms. The van der Waals surface area contributed by atoms with Gasteiger partial charge in [-0.1, -0.05) is 6.08 Å². The minimum atomic E-state index is -0.459. The summed E-state index contributed by atoms with van der Waals surface area (Å²) in [7, 11) is 0. The average Bonchev–Trinajstić information content (AvgIpc) is 3.20. The molecule has 2 saturated heterocycles. The highest BCUT2D eigenvalue weighted by atomic mass is 16.6. The zero-order chi connectivity index (χ0) is 18.3. The number of rotatable bonds is 2. The zero-order valence-electron chi connectivity index (χ0n) is 15.9. The molecule has 2 atom stereocenters. The summed E-state index contributed by atoms with van der Waals surface area (Å²) in [5.74, 6) is 0.834. The molecule has 6 nitrogen and oxygen atoms in total. The summed E-state index contributed by atoms with van der Waals surface area (Å²) in [4.78, 5) is 25.9. The molecule has 0 radical (unpaired) electrons.